The van der Waals surface area contributed by atoms with E-state index in [2.05, 4.69) is 24.1 Å². The van der Waals surface area contributed by atoms with E-state index in [1.807, 2.05) is 34.9 Å². The fourth-order valence-electron chi connectivity index (χ4n) is 2.25. The van der Waals surface area contributed by atoms with Crippen molar-refractivity contribution in [1.29, 1.82) is 0 Å². The normalized spacial score (nSPS) is 11.2. The zero-order valence-electron chi connectivity index (χ0n) is 11.8. The molecule has 0 spiro atoms. The first-order valence-electron chi connectivity index (χ1n) is 6.78. The molecule has 108 valence electrons. The van der Waals surface area contributed by atoms with E-state index in [-0.39, 0.29) is 11.8 Å². The molecule has 0 saturated carbocycles. The Kier molecular flexibility index (Phi) is 3.47. The van der Waals surface area contributed by atoms with Crippen LogP contribution in [0.4, 0.5) is 5.82 Å². The summed E-state index contributed by atoms with van der Waals surface area (Å²) in [5.41, 5.74) is 2.60. The van der Waals surface area contributed by atoms with Gasteiger partial charge < -0.3 is 10.4 Å². The van der Waals surface area contributed by atoms with Gasteiger partial charge >= 0.3 is 0 Å². The summed E-state index contributed by atoms with van der Waals surface area (Å²) in [4.78, 5) is 4.67. The van der Waals surface area contributed by atoms with Crippen molar-refractivity contribution >= 4 is 23.1 Å². The van der Waals surface area contributed by atoms with Crippen molar-refractivity contribution in [2.24, 2.45) is 0 Å². The second-order valence-electron chi connectivity index (χ2n) is 5.23. The molecule has 0 unspecified atom stereocenters. The van der Waals surface area contributed by atoms with Crippen LogP contribution in [0.1, 0.15) is 13.8 Å². The fraction of sp³-hybridized carbons (Fsp3) is 0.188. The van der Waals surface area contributed by atoms with Gasteiger partial charge in [0.15, 0.2) is 0 Å². The molecule has 0 saturated heterocycles. The van der Waals surface area contributed by atoms with Crippen molar-refractivity contribution in [3.8, 4) is 17.0 Å². The Hall–Kier alpha value is -2.20. The van der Waals surface area contributed by atoms with Crippen LogP contribution in [0.5, 0.6) is 5.75 Å². The first-order chi connectivity index (χ1) is 10.0. The summed E-state index contributed by atoms with van der Waals surface area (Å²) >= 11 is 6.09. The second-order valence-corrected chi connectivity index (χ2v) is 5.67. The first kappa shape index (κ1) is 13.8. The molecule has 1 aromatic carbocycles. The Morgan fingerprint density at radius 3 is 2.52 bits per heavy atom. The number of phenolic OH excluding ortho intramolecular Hbond substituents is 1. The van der Waals surface area contributed by atoms with Crippen molar-refractivity contribution in [2.75, 3.05) is 5.32 Å². The number of nitrogens with zero attached hydrogens (tertiary/aromatic N) is 2. The monoisotopic (exact) mass is 301 g/mol. The minimum absolute atomic E-state index is 0.240. The van der Waals surface area contributed by atoms with Gasteiger partial charge in [0.25, 0.3) is 0 Å². The molecule has 0 aliphatic heterocycles. The second kappa shape index (κ2) is 5.30. The van der Waals surface area contributed by atoms with Crippen molar-refractivity contribution in [2.45, 2.75) is 19.9 Å². The summed E-state index contributed by atoms with van der Waals surface area (Å²) in [5.74, 6) is 1.14. The summed E-state index contributed by atoms with van der Waals surface area (Å²) in [5, 5.41) is 13.5. The number of pyridine rings is 1. The van der Waals surface area contributed by atoms with Crippen LogP contribution in [-0.4, -0.2) is 20.5 Å². The van der Waals surface area contributed by atoms with Crippen LogP contribution in [0, 0.1) is 0 Å². The highest BCUT2D eigenvalue weighted by Gasteiger charge is 2.15. The number of anilines is 1. The third kappa shape index (κ3) is 2.67. The van der Waals surface area contributed by atoms with Gasteiger partial charge in [0.1, 0.15) is 22.9 Å². The maximum absolute atomic E-state index is 9.44. The minimum Gasteiger partial charge on any atom is -0.508 e. The molecule has 4 nitrogen and oxygen atoms in total. The highest BCUT2D eigenvalue weighted by Crippen LogP contribution is 2.31. The van der Waals surface area contributed by atoms with E-state index >= 15 is 0 Å². The van der Waals surface area contributed by atoms with Crippen molar-refractivity contribution < 1.29 is 5.11 Å². The largest absolute Gasteiger partial charge is 0.508 e. The lowest BCUT2D eigenvalue weighted by Gasteiger charge is -2.12. The summed E-state index contributed by atoms with van der Waals surface area (Å²) in [6, 6.07) is 11.0. The molecule has 0 radical (unpaired) electrons. The first-order valence-corrected chi connectivity index (χ1v) is 7.16. The zero-order chi connectivity index (χ0) is 15.0. The van der Waals surface area contributed by atoms with Gasteiger partial charge in [-0.2, -0.15) is 0 Å². The molecule has 0 fully saturated rings. The lowest BCUT2D eigenvalue weighted by Crippen LogP contribution is -2.12. The van der Waals surface area contributed by atoms with Gasteiger partial charge in [-0.25, -0.2) is 4.98 Å². The van der Waals surface area contributed by atoms with Crippen molar-refractivity contribution in [1.82, 2.24) is 9.38 Å². The van der Waals surface area contributed by atoms with E-state index < -0.39 is 0 Å². The Balaban J connectivity index is 2.22. The number of fused-ring (bicyclic) bond motifs is 1. The van der Waals surface area contributed by atoms with Crippen LogP contribution in [0.15, 0.2) is 42.6 Å². The summed E-state index contributed by atoms with van der Waals surface area (Å²) in [6.07, 6.45) is 1.85. The number of aromatic hydroxyl groups is 1. The van der Waals surface area contributed by atoms with E-state index in [0.29, 0.717) is 5.02 Å². The maximum atomic E-state index is 9.44. The molecule has 5 heteroatoms. The van der Waals surface area contributed by atoms with Crippen molar-refractivity contribution in [3.05, 3.63) is 47.6 Å². The average Bonchev–Trinajstić information content (AvgIpc) is 2.77. The molecule has 0 amide bonds. The fourth-order valence-corrected chi connectivity index (χ4v) is 2.41. The quantitative estimate of drug-likeness (QED) is 0.763. The molecule has 0 aliphatic rings. The van der Waals surface area contributed by atoms with E-state index in [0.717, 1.165) is 22.7 Å². The summed E-state index contributed by atoms with van der Waals surface area (Å²) in [7, 11) is 0. The number of halogens is 1. The summed E-state index contributed by atoms with van der Waals surface area (Å²) < 4.78 is 1.95. The number of benzene rings is 1. The van der Waals surface area contributed by atoms with E-state index in [4.69, 9.17) is 11.6 Å². The molecular formula is C16H16ClN3O. The molecule has 0 atom stereocenters. The third-order valence-corrected chi connectivity index (χ3v) is 3.37. The Morgan fingerprint density at radius 1 is 1.14 bits per heavy atom. The smallest absolute Gasteiger partial charge is 0.139 e. The standard InChI is InChI=1S/C16H16ClN3O/c1-10(2)18-16-15(11-3-6-13(21)7-4-11)19-14-8-5-12(17)9-20(14)16/h3-10,18,21H,1-2H3. The maximum Gasteiger partial charge on any atom is 0.139 e. The van der Waals surface area contributed by atoms with Gasteiger partial charge in [0, 0.05) is 17.8 Å². The van der Waals surface area contributed by atoms with Gasteiger partial charge in [-0.05, 0) is 50.2 Å². The van der Waals surface area contributed by atoms with E-state index in [1.54, 1.807) is 12.1 Å². The van der Waals surface area contributed by atoms with Gasteiger partial charge in [-0.3, -0.25) is 4.40 Å². The molecule has 0 aliphatic carbocycles. The third-order valence-electron chi connectivity index (χ3n) is 3.15. The molecule has 2 N–H and O–H groups in total. The summed E-state index contributed by atoms with van der Waals surface area (Å²) in [6.45, 7) is 4.15. The van der Waals surface area contributed by atoms with Gasteiger partial charge in [-0.1, -0.05) is 11.6 Å². The number of nitrogens with one attached hydrogen (secondary N) is 1. The SMILES string of the molecule is CC(C)Nc1c(-c2ccc(O)cc2)nc2ccc(Cl)cn12. The molecule has 2 heterocycles. The molecule has 3 rings (SSSR count). The van der Waals surface area contributed by atoms with E-state index in [1.165, 1.54) is 0 Å². The van der Waals surface area contributed by atoms with Gasteiger partial charge in [-0.15, -0.1) is 0 Å². The highest BCUT2D eigenvalue weighted by atomic mass is 35.5. The van der Waals surface area contributed by atoms with Crippen LogP contribution < -0.4 is 5.32 Å². The van der Waals surface area contributed by atoms with Crippen LogP contribution in [0.25, 0.3) is 16.9 Å². The molecule has 2 aromatic heterocycles. The van der Waals surface area contributed by atoms with E-state index in [9.17, 15) is 5.11 Å². The Morgan fingerprint density at radius 2 is 1.86 bits per heavy atom. The molecular weight excluding hydrogens is 286 g/mol. The predicted octanol–water partition coefficient (Wildman–Crippen LogP) is 4.18. The van der Waals surface area contributed by atoms with Crippen LogP contribution in [-0.2, 0) is 0 Å². The topological polar surface area (TPSA) is 49.6 Å². The Labute approximate surface area is 128 Å². The van der Waals surface area contributed by atoms with Gasteiger partial charge in [0.05, 0.1) is 5.02 Å². The molecule has 0 bridgehead atoms. The molecule has 3 aromatic rings. The molecule has 21 heavy (non-hydrogen) atoms. The zero-order valence-corrected chi connectivity index (χ0v) is 12.6. The average molecular weight is 302 g/mol. The van der Waals surface area contributed by atoms with Crippen LogP contribution in [0.2, 0.25) is 5.02 Å². The number of imidazole rings is 1. The van der Waals surface area contributed by atoms with Crippen molar-refractivity contribution in [3.63, 3.8) is 0 Å². The lowest BCUT2D eigenvalue weighted by atomic mass is 10.1. The number of phenols is 1. The number of aromatic nitrogens is 2. The number of rotatable bonds is 3. The Bertz CT molecular complexity index is 778. The predicted molar refractivity (Wildman–Crippen MR) is 86.1 cm³/mol. The van der Waals surface area contributed by atoms with Crippen LogP contribution >= 0.6 is 11.6 Å². The van der Waals surface area contributed by atoms with Gasteiger partial charge in [0.2, 0.25) is 0 Å². The number of hydrogen-bond acceptors (Lipinski definition) is 3. The minimum atomic E-state index is 0.240. The lowest BCUT2D eigenvalue weighted by molar-refractivity contribution is 0.475. The highest BCUT2D eigenvalue weighted by molar-refractivity contribution is 6.30. The van der Waals surface area contributed by atoms with Crippen LogP contribution in [0.3, 0.4) is 0 Å². The number of hydrogen-bond donors (Lipinski definition) is 2.